The van der Waals surface area contributed by atoms with Gasteiger partial charge in [-0.2, -0.15) is 0 Å². The maximum Gasteiger partial charge on any atom is 0.227 e. The average molecular weight is 456 g/mol. The molecule has 0 unspecified atom stereocenters. The highest BCUT2D eigenvalue weighted by Gasteiger charge is 2.35. The van der Waals surface area contributed by atoms with Gasteiger partial charge in [0.1, 0.15) is 23.9 Å². The maximum absolute atomic E-state index is 13.0. The Kier molecular flexibility index (Phi) is 5.97. The van der Waals surface area contributed by atoms with Crippen LogP contribution in [-0.2, 0) is 11.3 Å². The first-order valence-electron chi connectivity index (χ1n) is 11.6. The smallest absolute Gasteiger partial charge is 0.227 e. The van der Waals surface area contributed by atoms with Crippen LogP contribution < -0.4 is 14.4 Å². The van der Waals surface area contributed by atoms with Crippen molar-refractivity contribution < 1.29 is 14.3 Å². The van der Waals surface area contributed by atoms with E-state index in [2.05, 4.69) is 42.7 Å². The van der Waals surface area contributed by atoms with E-state index in [0.717, 1.165) is 45.2 Å². The number of rotatable bonds is 7. The number of para-hydroxylation sites is 2. The minimum Gasteiger partial charge on any atom is -0.497 e. The lowest BCUT2D eigenvalue weighted by Crippen LogP contribution is -2.25. The van der Waals surface area contributed by atoms with Gasteiger partial charge in [0.05, 0.1) is 24.7 Å². The van der Waals surface area contributed by atoms with E-state index >= 15 is 0 Å². The number of carbonyl (C=O) groups excluding carboxylic acids is 1. The molecule has 1 atom stereocenters. The highest BCUT2D eigenvalue weighted by atomic mass is 16.5. The van der Waals surface area contributed by atoms with Crippen LogP contribution in [0.25, 0.3) is 11.0 Å². The fourth-order valence-corrected chi connectivity index (χ4v) is 4.80. The number of aryl methyl sites for hydroxylation is 2. The number of methoxy groups -OCH3 is 1. The van der Waals surface area contributed by atoms with E-state index in [1.165, 1.54) is 0 Å². The van der Waals surface area contributed by atoms with Crippen molar-refractivity contribution in [2.75, 3.05) is 25.2 Å². The Morgan fingerprint density at radius 2 is 1.68 bits per heavy atom. The molecule has 174 valence electrons. The molecule has 1 aliphatic heterocycles. The van der Waals surface area contributed by atoms with Crippen LogP contribution in [0.1, 0.15) is 29.3 Å². The Morgan fingerprint density at radius 1 is 0.971 bits per heavy atom. The number of benzene rings is 3. The van der Waals surface area contributed by atoms with Gasteiger partial charge in [-0.15, -0.1) is 0 Å². The number of anilines is 1. The van der Waals surface area contributed by atoms with Crippen LogP contribution in [0, 0.1) is 13.8 Å². The maximum atomic E-state index is 13.0. The predicted molar refractivity (Wildman–Crippen MR) is 134 cm³/mol. The monoisotopic (exact) mass is 455 g/mol. The molecule has 1 saturated heterocycles. The van der Waals surface area contributed by atoms with Gasteiger partial charge in [0.25, 0.3) is 0 Å². The van der Waals surface area contributed by atoms with Gasteiger partial charge in [-0.1, -0.05) is 18.2 Å². The first-order chi connectivity index (χ1) is 16.5. The van der Waals surface area contributed by atoms with Gasteiger partial charge in [-0.25, -0.2) is 4.98 Å². The molecular formula is C28H29N3O3. The van der Waals surface area contributed by atoms with Crippen molar-refractivity contribution in [3.8, 4) is 11.5 Å². The number of fused-ring (bicyclic) bond motifs is 1. The molecule has 6 heteroatoms. The van der Waals surface area contributed by atoms with Crippen molar-refractivity contribution in [2.24, 2.45) is 0 Å². The molecular weight excluding hydrogens is 426 g/mol. The summed E-state index contributed by atoms with van der Waals surface area (Å²) in [6.45, 7) is 5.91. The summed E-state index contributed by atoms with van der Waals surface area (Å²) in [6.07, 6.45) is 0.454. The molecule has 3 aromatic carbocycles. The summed E-state index contributed by atoms with van der Waals surface area (Å²) in [4.78, 5) is 19.9. The zero-order valence-corrected chi connectivity index (χ0v) is 19.8. The summed E-state index contributed by atoms with van der Waals surface area (Å²) in [5.41, 5.74) is 5.30. The molecule has 1 amide bonds. The number of carbonyl (C=O) groups is 1. The highest BCUT2D eigenvalue weighted by molar-refractivity contribution is 5.96. The Bertz CT molecular complexity index is 1310. The molecule has 4 aromatic rings. The first kappa shape index (κ1) is 22.0. The molecule has 0 spiro atoms. The molecule has 6 nitrogen and oxygen atoms in total. The predicted octanol–water partition coefficient (Wildman–Crippen LogP) is 5.26. The van der Waals surface area contributed by atoms with Crippen molar-refractivity contribution in [1.82, 2.24) is 9.55 Å². The van der Waals surface area contributed by atoms with Gasteiger partial charge in [0, 0.05) is 24.6 Å². The number of amides is 1. The molecule has 34 heavy (non-hydrogen) atoms. The van der Waals surface area contributed by atoms with E-state index in [0.29, 0.717) is 26.1 Å². The van der Waals surface area contributed by atoms with Crippen molar-refractivity contribution in [2.45, 2.75) is 32.7 Å². The summed E-state index contributed by atoms with van der Waals surface area (Å²) in [5.74, 6) is 2.71. The SMILES string of the molecule is COc1ccc(OCCn2c([C@H]3CC(=O)N(c4cc(C)cc(C)c4)C3)nc3ccccc32)cc1. The zero-order valence-electron chi connectivity index (χ0n) is 19.8. The second kappa shape index (κ2) is 9.21. The van der Waals surface area contributed by atoms with E-state index in [9.17, 15) is 4.79 Å². The van der Waals surface area contributed by atoms with Crippen molar-refractivity contribution >= 4 is 22.6 Å². The normalized spacial score (nSPS) is 15.8. The summed E-state index contributed by atoms with van der Waals surface area (Å²) in [6, 6.07) is 22.0. The third-order valence-corrected chi connectivity index (χ3v) is 6.34. The Hall–Kier alpha value is -3.80. The topological polar surface area (TPSA) is 56.6 Å². The molecule has 0 saturated carbocycles. The number of aromatic nitrogens is 2. The number of hydrogen-bond acceptors (Lipinski definition) is 4. The van der Waals surface area contributed by atoms with E-state index in [4.69, 9.17) is 14.5 Å². The van der Waals surface area contributed by atoms with Crippen molar-refractivity contribution in [3.05, 3.63) is 83.7 Å². The van der Waals surface area contributed by atoms with E-state index < -0.39 is 0 Å². The molecule has 1 fully saturated rings. The molecule has 1 aliphatic rings. The first-order valence-corrected chi connectivity index (χ1v) is 11.6. The third kappa shape index (κ3) is 4.36. The summed E-state index contributed by atoms with van der Waals surface area (Å²) < 4.78 is 13.4. The fourth-order valence-electron chi connectivity index (χ4n) is 4.80. The lowest BCUT2D eigenvalue weighted by molar-refractivity contribution is -0.117. The number of ether oxygens (including phenoxy) is 2. The molecule has 0 radical (unpaired) electrons. The van der Waals surface area contributed by atoms with Crippen LogP contribution in [0.2, 0.25) is 0 Å². The molecule has 5 rings (SSSR count). The van der Waals surface area contributed by atoms with E-state index in [1.54, 1.807) is 7.11 Å². The lowest BCUT2D eigenvalue weighted by atomic mass is 10.1. The molecule has 0 N–H and O–H groups in total. The summed E-state index contributed by atoms with van der Waals surface area (Å²) in [5, 5.41) is 0. The highest BCUT2D eigenvalue weighted by Crippen LogP contribution is 2.34. The molecule has 0 aliphatic carbocycles. The zero-order chi connectivity index (χ0) is 23.7. The van der Waals surface area contributed by atoms with Crippen LogP contribution in [0.3, 0.4) is 0 Å². The van der Waals surface area contributed by atoms with Crippen LogP contribution in [0.5, 0.6) is 11.5 Å². The van der Waals surface area contributed by atoms with Crippen molar-refractivity contribution in [1.29, 1.82) is 0 Å². The van der Waals surface area contributed by atoms with Crippen LogP contribution >= 0.6 is 0 Å². The number of imidazole rings is 1. The van der Waals surface area contributed by atoms with Crippen LogP contribution in [0.15, 0.2) is 66.7 Å². The Morgan fingerprint density at radius 3 is 2.41 bits per heavy atom. The minimum atomic E-state index is 0.0294. The van der Waals surface area contributed by atoms with Gasteiger partial charge < -0.3 is 18.9 Å². The van der Waals surface area contributed by atoms with Gasteiger partial charge in [0.15, 0.2) is 0 Å². The Labute approximate surface area is 199 Å². The van der Waals surface area contributed by atoms with Crippen LogP contribution in [0.4, 0.5) is 5.69 Å². The fraction of sp³-hybridized carbons (Fsp3) is 0.286. The standard InChI is InChI=1S/C28H29N3O3/c1-19-14-20(2)16-22(15-19)31-18-21(17-27(31)32)28-29-25-6-4-5-7-26(25)30(28)12-13-34-24-10-8-23(33-3)9-11-24/h4-11,14-16,21H,12-13,17-18H2,1-3H3/t21-/m0/s1. The second-order valence-corrected chi connectivity index (χ2v) is 8.89. The lowest BCUT2D eigenvalue weighted by Gasteiger charge is -2.19. The van der Waals surface area contributed by atoms with Gasteiger partial charge >= 0.3 is 0 Å². The van der Waals surface area contributed by atoms with Gasteiger partial charge in [-0.05, 0) is 73.5 Å². The largest absolute Gasteiger partial charge is 0.497 e. The third-order valence-electron chi connectivity index (χ3n) is 6.34. The number of nitrogens with zero attached hydrogens (tertiary/aromatic N) is 3. The second-order valence-electron chi connectivity index (χ2n) is 8.89. The van der Waals surface area contributed by atoms with Gasteiger partial charge in [0.2, 0.25) is 5.91 Å². The molecule has 2 heterocycles. The molecule has 1 aromatic heterocycles. The van der Waals surface area contributed by atoms with E-state index in [1.807, 2.05) is 47.4 Å². The van der Waals surface area contributed by atoms with Gasteiger partial charge in [-0.3, -0.25) is 4.79 Å². The number of hydrogen-bond donors (Lipinski definition) is 0. The quantitative estimate of drug-likeness (QED) is 0.381. The average Bonchev–Trinajstić information content (AvgIpc) is 3.39. The molecule has 0 bridgehead atoms. The van der Waals surface area contributed by atoms with Crippen LogP contribution in [-0.4, -0.2) is 35.7 Å². The summed E-state index contributed by atoms with van der Waals surface area (Å²) >= 11 is 0. The minimum absolute atomic E-state index is 0.0294. The van der Waals surface area contributed by atoms with Crippen molar-refractivity contribution in [3.63, 3.8) is 0 Å². The van der Waals surface area contributed by atoms with E-state index in [-0.39, 0.29) is 11.8 Å². The Balaban J connectivity index is 1.38. The summed E-state index contributed by atoms with van der Waals surface area (Å²) in [7, 11) is 1.65.